The molecule has 25 heavy (non-hydrogen) atoms. The maximum absolute atomic E-state index is 5.59. The number of rotatable bonds is 7. The topological polar surface area (TPSA) is 67.8 Å². The van der Waals surface area contributed by atoms with Gasteiger partial charge >= 0.3 is 0 Å². The standard InChI is InChI=1S/C18H24N4O2.HI/c1-4-24-17-12-15(7-8-16(17)23-3)22-18(19-2)21-11-9-14-6-5-10-20-13-14;/h5-8,10,12-13H,4,9,11H2,1-3H3,(H2,19,21,22);1H. The number of nitrogens with zero attached hydrogens (tertiary/aromatic N) is 2. The number of benzene rings is 1. The van der Waals surface area contributed by atoms with Crippen LogP contribution in [0.3, 0.4) is 0 Å². The minimum Gasteiger partial charge on any atom is -0.493 e. The Kier molecular flexibility index (Phi) is 9.68. The molecule has 2 aromatic rings. The van der Waals surface area contributed by atoms with E-state index in [9.17, 15) is 0 Å². The van der Waals surface area contributed by atoms with Gasteiger partial charge in [-0.3, -0.25) is 9.98 Å². The number of anilines is 1. The Labute approximate surface area is 166 Å². The van der Waals surface area contributed by atoms with Crippen molar-refractivity contribution in [2.75, 3.05) is 32.6 Å². The van der Waals surface area contributed by atoms with E-state index in [1.165, 1.54) is 5.56 Å². The zero-order chi connectivity index (χ0) is 17.2. The van der Waals surface area contributed by atoms with E-state index in [0.717, 1.165) is 18.7 Å². The molecule has 7 heteroatoms. The van der Waals surface area contributed by atoms with Crippen LogP contribution in [0, 0.1) is 0 Å². The van der Waals surface area contributed by atoms with Crippen molar-refractivity contribution in [3.8, 4) is 11.5 Å². The number of hydrogen-bond donors (Lipinski definition) is 2. The number of aromatic nitrogens is 1. The van der Waals surface area contributed by atoms with Crippen molar-refractivity contribution in [2.24, 2.45) is 4.99 Å². The monoisotopic (exact) mass is 456 g/mol. The summed E-state index contributed by atoms with van der Waals surface area (Å²) in [5, 5.41) is 6.54. The molecular formula is C18H25IN4O2. The minimum atomic E-state index is 0. The van der Waals surface area contributed by atoms with E-state index in [0.29, 0.717) is 24.1 Å². The van der Waals surface area contributed by atoms with Gasteiger partial charge in [0, 0.05) is 37.7 Å². The van der Waals surface area contributed by atoms with Gasteiger partial charge in [0.2, 0.25) is 0 Å². The number of ether oxygens (including phenoxy) is 2. The summed E-state index contributed by atoms with van der Waals surface area (Å²) in [4.78, 5) is 8.35. The van der Waals surface area contributed by atoms with E-state index < -0.39 is 0 Å². The molecule has 2 N–H and O–H groups in total. The molecular weight excluding hydrogens is 431 g/mol. The molecule has 0 atom stereocenters. The van der Waals surface area contributed by atoms with Crippen molar-refractivity contribution >= 4 is 35.6 Å². The highest BCUT2D eigenvalue weighted by molar-refractivity contribution is 14.0. The summed E-state index contributed by atoms with van der Waals surface area (Å²) in [6, 6.07) is 9.69. The highest BCUT2D eigenvalue weighted by atomic mass is 127. The van der Waals surface area contributed by atoms with Crippen LogP contribution in [0.15, 0.2) is 47.7 Å². The van der Waals surface area contributed by atoms with Gasteiger partial charge in [0.25, 0.3) is 0 Å². The molecule has 2 rings (SSSR count). The third-order valence-corrected chi connectivity index (χ3v) is 3.38. The van der Waals surface area contributed by atoms with Crippen molar-refractivity contribution < 1.29 is 9.47 Å². The van der Waals surface area contributed by atoms with Crippen LogP contribution in [0.1, 0.15) is 12.5 Å². The number of methoxy groups -OCH3 is 1. The van der Waals surface area contributed by atoms with Gasteiger partial charge in [0.1, 0.15) is 0 Å². The Morgan fingerprint density at radius 3 is 2.72 bits per heavy atom. The second-order valence-electron chi connectivity index (χ2n) is 5.03. The van der Waals surface area contributed by atoms with Crippen LogP contribution in [0.25, 0.3) is 0 Å². The third kappa shape index (κ3) is 6.77. The summed E-state index contributed by atoms with van der Waals surface area (Å²) in [7, 11) is 3.37. The highest BCUT2D eigenvalue weighted by Gasteiger charge is 2.07. The lowest BCUT2D eigenvalue weighted by Gasteiger charge is -2.14. The summed E-state index contributed by atoms with van der Waals surface area (Å²) in [5.41, 5.74) is 2.07. The van der Waals surface area contributed by atoms with Gasteiger partial charge in [-0.05, 0) is 37.1 Å². The molecule has 1 aromatic carbocycles. The maximum Gasteiger partial charge on any atom is 0.195 e. The second-order valence-corrected chi connectivity index (χ2v) is 5.03. The third-order valence-electron chi connectivity index (χ3n) is 3.38. The number of pyridine rings is 1. The first-order valence-electron chi connectivity index (χ1n) is 7.94. The van der Waals surface area contributed by atoms with Crippen molar-refractivity contribution in [3.05, 3.63) is 48.3 Å². The predicted molar refractivity (Wildman–Crippen MR) is 113 cm³/mol. The number of nitrogens with one attached hydrogen (secondary N) is 2. The molecule has 0 fully saturated rings. The fraction of sp³-hybridized carbons (Fsp3) is 0.333. The van der Waals surface area contributed by atoms with E-state index >= 15 is 0 Å². The van der Waals surface area contributed by atoms with Gasteiger partial charge in [-0.1, -0.05) is 6.07 Å². The lowest BCUT2D eigenvalue weighted by Crippen LogP contribution is -2.32. The molecule has 0 aliphatic carbocycles. The average molecular weight is 456 g/mol. The molecule has 0 saturated carbocycles. The van der Waals surface area contributed by atoms with E-state index in [-0.39, 0.29) is 24.0 Å². The number of halogens is 1. The van der Waals surface area contributed by atoms with Crippen LogP contribution in [0.4, 0.5) is 5.69 Å². The number of aliphatic imine (C=N–C) groups is 1. The Bertz CT molecular complexity index is 665. The number of guanidine groups is 1. The lowest BCUT2D eigenvalue weighted by atomic mass is 10.2. The van der Waals surface area contributed by atoms with Gasteiger partial charge in [0.15, 0.2) is 17.5 Å². The first-order valence-corrected chi connectivity index (χ1v) is 7.94. The van der Waals surface area contributed by atoms with Gasteiger partial charge < -0.3 is 20.1 Å². The van der Waals surface area contributed by atoms with E-state index in [1.54, 1.807) is 20.4 Å². The van der Waals surface area contributed by atoms with Gasteiger partial charge in [-0.25, -0.2) is 0 Å². The first kappa shape index (κ1) is 21.0. The Hall–Kier alpha value is -2.03. The van der Waals surface area contributed by atoms with Crippen LogP contribution in [0.5, 0.6) is 11.5 Å². The molecule has 0 spiro atoms. The summed E-state index contributed by atoms with van der Waals surface area (Å²) >= 11 is 0. The van der Waals surface area contributed by atoms with Crippen molar-refractivity contribution in [1.29, 1.82) is 0 Å². The molecule has 0 bridgehead atoms. The smallest absolute Gasteiger partial charge is 0.195 e. The minimum absolute atomic E-state index is 0. The Morgan fingerprint density at radius 2 is 2.08 bits per heavy atom. The van der Waals surface area contributed by atoms with E-state index in [4.69, 9.17) is 9.47 Å². The Balaban J connectivity index is 0.00000312. The first-order chi connectivity index (χ1) is 11.8. The fourth-order valence-electron chi connectivity index (χ4n) is 2.21. The summed E-state index contributed by atoms with van der Waals surface area (Å²) < 4.78 is 10.9. The van der Waals surface area contributed by atoms with Crippen molar-refractivity contribution in [3.63, 3.8) is 0 Å². The molecule has 0 aliphatic heterocycles. The molecule has 1 aromatic heterocycles. The summed E-state index contributed by atoms with van der Waals surface area (Å²) in [5.74, 6) is 2.12. The SMILES string of the molecule is CCOc1cc(NC(=NC)NCCc2cccnc2)ccc1OC.I. The van der Waals surface area contributed by atoms with Crippen molar-refractivity contribution in [2.45, 2.75) is 13.3 Å². The Morgan fingerprint density at radius 1 is 1.24 bits per heavy atom. The molecule has 0 radical (unpaired) electrons. The number of hydrogen-bond acceptors (Lipinski definition) is 4. The zero-order valence-corrected chi connectivity index (χ0v) is 17.1. The van der Waals surface area contributed by atoms with Gasteiger partial charge in [0.05, 0.1) is 13.7 Å². The van der Waals surface area contributed by atoms with E-state index in [1.807, 2.05) is 37.4 Å². The highest BCUT2D eigenvalue weighted by Crippen LogP contribution is 2.30. The maximum atomic E-state index is 5.59. The summed E-state index contributed by atoms with van der Waals surface area (Å²) in [6.45, 7) is 3.29. The van der Waals surface area contributed by atoms with Crippen LogP contribution >= 0.6 is 24.0 Å². The predicted octanol–water partition coefficient (Wildman–Crippen LogP) is 3.34. The van der Waals surface area contributed by atoms with Gasteiger partial charge in [-0.2, -0.15) is 0 Å². The molecule has 6 nitrogen and oxygen atoms in total. The lowest BCUT2D eigenvalue weighted by molar-refractivity contribution is 0.311. The summed E-state index contributed by atoms with van der Waals surface area (Å²) in [6.07, 6.45) is 4.52. The second kappa shape index (κ2) is 11.5. The fourth-order valence-corrected chi connectivity index (χ4v) is 2.21. The largest absolute Gasteiger partial charge is 0.493 e. The average Bonchev–Trinajstić information content (AvgIpc) is 2.62. The van der Waals surface area contributed by atoms with E-state index in [2.05, 4.69) is 26.7 Å². The van der Waals surface area contributed by atoms with Crippen LogP contribution < -0.4 is 20.1 Å². The van der Waals surface area contributed by atoms with Crippen LogP contribution in [0.2, 0.25) is 0 Å². The van der Waals surface area contributed by atoms with Gasteiger partial charge in [-0.15, -0.1) is 24.0 Å². The molecule has 0 amide bonds. The normalized spacial score (nSPS) is 10.6. The van der Waals surface area contributed by atoms with Crippen LogP contribution in [-0.2, 0) is 6.42 Å². The molecule has 0 aliphatic rings. The molecule has 136 valence electrons. The molecule has 0 saturated heterocycles. The van der Waals surface area contributed by atoms with Crippen molar-refractivity contribution in [1.82, 2.24) is 10.3 Å². The zero-order valence-electron chi connectivity index (χ0n) is 14.8. The molecule has 0 unspecified atom stereocenters. The quantitative estimate of drug-likeness (QED) is 0.380. The molecule has 1 heterocycles. The van der Waals surface area contributed by atoms with Crippen LogP contribution in [-0.4, -0.2) is 38.3 Å².